The SMILES string of the molecule is N#Cc1cccc(CNc2ccccc2C(=O)Nc2cc3ccccc3cn2)c1. The summed E-state index contributed by atoms with van der Waals surface area (Å²) < 4.78 is 0. The van der Waals surface area contributed by atoms with Crippen LogP contribution in [-0.4, -0.2) is 10.9 Å². The lowest BCUT2D eigenvalue weighted by atomic mass is 10.1. The zero-order chi connectivity index (χ0) is 20.1. The van der Waals surface area contributed by atoms with E-state index in [4.69, 9.17) is 5.26 Å². The molecule has 4 rings (SSSR count). The van der Waals surface area contributed by atoms with Gasteiger partial charge in [-0.25, -0.2) is 4.98 Å². The molecule has 1 aromatic heterocycles. The highest BCUT2D eigenvalue weighted by Gasteiger charge is 2.12. The number of benzene rings is 3. The first-order valence-electron chi connectivity index (χ1n) is 9.21. The van der Waals surface area contributed by atoms with Crippen LogP contribution in [0.3, 0.4) is 0 Å². The Balaban J connectivity index is 1.52. The number of pyridine rings is 1. The molecule has 0 fully saturated rings. The van der Waals surface area contributed by atoms with Gasteiger partial charge in [-0.05, 0) is 41.3 Å². The Morgan fingerprint density at radius 1 is 0.931 bits per heavy atom. The number of hydrogen-bond donors (Lipinski definition) is 2. The van der Waals surface area contributed by atoms with Gasteiger partial charge in [0, 0.05) is 23.8 Å². The molecule has 29 heavy (non-hydrogen) atoms. The summed E-state index contributed by atoms with van der Waals surface area (Å²) in [4.78, 5) is 17.2. The molecule has 0 unspecified atom stereocenters. The Hall–Kier alpha value is -4.17. The van der Waals surface area contributed by atoms with Crippen LogP contribution in [0.2, 0.25) is 0 Å². The lowest BCUT2D eigenvalue weighted by Crippen LogP contribution is -2.15. The summed E-state index contributed by atoms with van der Waals surface area (Å²) >= 11 is 0. The Morgan fingerprint density at radius 3 is 2.59 bits per heavy atom. The van der Waals surface area contributed by atoms with E-state index in [-0.39, 0.29) is 5.91 Å². The molecule has 140 valence electrons. The number of amides is 1. The molecule has 0 saturated carbocycles. The first-order valence-corrected chi connectivity index (χ1v) is 9.21. The lowest BCUT2D eigenvalue weighted by molar-refractivity contribution is 0.102. The third-order valence-electron chi connectivity index (χ3n) is 4.58. The Kier molecular flexibility index (Phi) is 5.17. The maximum absolute atomic E-state index is 12.8. The van der Waals surface area contributed by atoms with E-state index in [1.54, 1.807) is 18.3 Å². The van der Waals surface area contributed by atoms with Crippen molar-refractivity contribution in [2.75, 3.05) is 10.6 Å². The summed E-state index contributed by atoms with van der Waals surface area (Å²) in [5.41, 5.74) is 2.82. The zero-order valence-corrected chi connectivity index (χ0v) is 15.6. The number of nitrogens with zero attached hydrogens (tertiary/aromatic N) is 2. The quantitative estimate of drug-likeness (QED) is 0.514. The summed E-state index contributed by atoms with van der Waals surface area (Å²) in [6.45, 7) is 0.508. The van der Waals surface area contributed by atoms with Crippen LogP contribution in [0.4, 0.5) is 11.5 Å². The average molecular weight is 378 g/mol. The van der Waals surface area contributed by atoms with Crippen molar-refractivity contribution in [2.45, 2.75) is 6.54 Å². The first-order chi connectivity index (χ1) is 14.2. The van der Waals surface area contributed by atoms with E-state index >= 15 is 0 Å². The summed E-state index contributed by atoms with van der Waals surface area (Å²) in [5.74, 6) is 0.270. The van der Waals surface area contributed by atoms with Crippen LogP contribution in [0.15, 0.2) is 85.1 Å². The maximum atomic E-state index is 12.8. The minimum atomic E-state index is -0.235. The molecule has 0 aliphatic carbocycles. The Bertz CT molecular complexity index is 1230. The molecular weight excluding hydrogens is 360 g/mol. The molecule has 0 bridgehead atoms. The Labute approximate surface area is 168 Å². The number of carbonyl (C=O) groups is 1. The van der Waals surface area contributed by atoms with Gasteiger partial charge in [0.1, 0.15) is 5.82 Å². The van der Waals surface area contributed by atoms with E-state index in [2.05, 4.69) is 21.7 Å². The summed E-state index contributed by atoms with van der Waals surface area (Å²) in [7, 11) is 0. The molecule has 0 aliphatic heterocycles. The molecular formula is C24H18N4O. The highest BCUT2D eigenvalue weighted by atomic mass is 16.1. The second kappa shape index (κ2) is 8.24. The molecule has 5 heteroatoms. The van der Waals surface area contributed by atoms with Crippen LogP contribution in [0, 0.1) is 11.3 Å². The van der Waals surface area contributed by atoms with Gasteiger partial charge in [0.2, 0.25) is 0 Å². The van der Waals surface area contributed by atoms with Crippen molar-refractivity contribution in [3.05, 3.63) is 102 Å². The maximum Gasteiger partial charge on any atom is 0.258 e. The monoisotopic (exact) mass is 378 g/mol. The standard InChI is InChI=1S/C24H18N4O/c25-14-17-6-5-7-18(12-17)15-26-22-11-4-3-10-21(22)24(29)28-23-13-19-8-1-2-9-20(19)16-27-23/h1-13,16,26H,15H2,(H,27,28,29). The highest BCUT2D eigenvalue weighted by molar-refractivity contribution is 6.08. The fraction of sp³-hybridized carbons (Fsp3) is 0.0417. The fourth-order valence-corrected chi connectivity index (χ4v) is 3.12. The number of carbonyl (C=O) groups excluding carboxylic acids is 1. The van der Waals surface area contributed by atoms with Crippen molar-refractivity contribution in [1.29, 1.82) is 5.26 Å². The molecule has 3 aromatic carbocycles. The number of aromatic nitrogens is 1. The molecule has 5 nitrogen and oxygen atoms in total. The smallest absolute Gasteiger partial charge is 0.258 e. The van der Waals surface area contributed by atoms with Crippen LogP contribution in [-0.2, 0) is 6.54 Å². The second-order valence-corrected chi connectivity index (χ2v) is 6.58. The van der Waals surface area contributed by atoms with Crippen molar-refractivity contribution in [3.8, 4) is 6.07 Å². The molecule has 0 atom stereocenters. The normalized spacial score (nSPS) is 10.3. The lowest BCUT2D eigenvalue weighted by Gasteiger charge is -2.12. The summed E-state index contributed by atoms with van der Waals surface area (Å²) in [6, 6.07) is 26.6. The Morgan fingerprint density at radius 2 is 1.72 bits per heavy atom. The molecule has 1 heterocycles. The van der Waals surface area contributed by atoms with E-state index in [9.17, 15) is 4.79 Å². The zero-order valence-electron chi connectivity index (χ0n) is 15.6. The van der Waals surface area contributed by atoms with Crippen molar-refractivity contribution in [2.24, 2.45) is 0 Å². The summed E-state index contributed by atoms with van der Waals surface area (Å²) in [6.07, 6.45) is 1.75. The van der Waals surface area contributed by atoms with Crippen LogP contribution >= 0.6 is 0 Å². The molecule has 0 saturated heterocycles. The molecule has 0 radical (unpaired) electrons. The number of rotatable bonds is 5. The van der Waals surface area contributed by atoms with Gasteiger partial charge in [-0.2, -0.15) is 5.26 Å². The first kappa shape index (κ1) is 18.2. The van der Waals surface area contributed by atoms with Crippen LogP contribution in [0.1, 0.15) is 21.5 Å². The van der Waals surface area contributed by atoms with Crippen LogP contribution in [0.5, 0.6) is 0 Å². The number of hydrogen-bond acceptors (Lipinski definition) is 4. The number of nitrogens with one attached hydrogen (secondary N) is 2. The van der Waals surface area contributed by atoms with Gasteiger partial charge in [-0.3, -0.25) is 4.79 Å². The van der Waals surface area contributed by atoms with E-state index in [0.717, 1.165) is 16.3 Å². The predicted molar refractivity (Wildman–Crippen MR) is 115 cm³/mol. The number of anilines is 2. The molecule has 0 aliphatic rings. The van der Waals surface area contributed by atoms with E-state index < -0.39 is 0 Å². The number of fused-ring (bicyclic) bond motifs is 1. The van der Waals surface area contributed by atoms with Crippen molar-refractivity contribution in [1.82, 2.24) is 4.98 Å². The third kappa shape index (κ3) is 4.23. The molecule has 4 aromatic rings. The van der Waals surface area contributed by atoms with Gasteiger partial charge in [-0.1, -0.05) is 48.5 Å². The topological polar surface area (TPSA) is 77.8 Å². The van der Waals surface area contributed by atoms with Crippen LogP contribution in [0.25, 0.3) is 10.8 Å². The van der Waals surface area contributed by atoms with E-state index in [1.165, 1.54) is 0 Å². The van der Waals surface area contributed by atoms with Gasteiger partial charge in [-0.15, -0.1) is 0 Å². The third-order valence-corrected chi connectivity index (χ3v) is 4.58. The number of para-hydroxylation sites is 1. The van der Waals surface area contributed by atoms with Gasteiger partial charge in [0.15, 0.2) is 0 Å². The number of nitriles is 1. The fourth-order valence-electron chi connectivity index (χ4n) is 3.12. The van der Waals surface area contributed by atoms with Crippen LogP contribution < -0.4 is 10.6 Å². The summed E-state index contributed by atoms with van der Waals surface area (Å²) in [5, 5.41) is 17.2. The van der Waals surface area contributed by atoms with Gasteiger partial charge in [0.05, 0.1) is 17.2 Å². The second-order valence-electron chi connectivity index (χ2n) is 6.58. The van der Waals surface area contributed by atoms with Crippen molar-refractivity contribution < 1.29 is 4.79 Å². The molecule has 1 amide bonds. The molecule has 0 spiro atoms. The van der Waals surface area contributed by atoms with Crippen molar-refractivity contribution in [3.63, 3.8) is 0 Å². The highest BCUT2D eigenvalue weighted by Crippen LogP contribution is 2.20. The van der Waals surface area contributed by atoms with Gasteiger partial charge >= 0.3 is 0 Å². The van der Waals surface area contributed by atoms with E-state index in [0.29, 0.717) is 29.2 Å². The predicted octanol–water partition coefficient (Wildman–Crippen LogP) is 4.97. The minimum absolute atomic E-state index is 0.235. The average Bonchev–Trinajstić information content (AvgIpc) is 2.78. The van der Waals surface area contributed by atoms with Gasteiger partial charge < -0.3 is 10.6 Å². The van der Waals surface area contributed by atoms with E-state index in [1.807, 2.05) is 66.7 Å². The molecule has 2 N–H and O–H groups in total. The minimum Gasteiger partial charge on any atom is -0.380 e. The van der Waals surface area contributed by atoms with Gasteiger partial charge in [0.25, 0.3) is 5.91 Å². The largest absolute Gasteiger partial charge is 0.380 e. The van der Waals surface area contributed by atoms with Crippen molar-refractivity contribution >= 4 is 28.2 Å².